The molecule has 110 valence electrons. The van der Waals surface area contributed by atoms with Gasteiger partial charge in [0.1, 0.15) is 17.6 Å². The Hall–Kier alpha value is -2.11. The zero-order valence-corrected chi connectivity index (χ0v) is 11.7. The highest BCUT2D eigenvalue weighted by Crippen LogP contribution is 2.11. The molecule has 0 bridgehead atoms. The molecule has 0 heterocycles. The van der Waals surface area contributed by atoms with E-state index in [9.17, 15) is 14.0 Å². The topological polar surface area (TPSA) is 64.6 Å². The fourth-order valence-corrected chi connectivity index (χ4v) is 1.55. The number of ether oxygens (including phenoxy) is 2. The average Bonchev–Trinajstić information content (AvgIpc) is 2.41. The van der Waals surface area contributed by atoms with Crippen molar-refractivity contribution in [2.75, 3.05) is 13.7 Å². The number of hydrogen-bond acceptors (Lipinski definition) is 4. The minimum absolute atomic E-state index is 0.111. The van der Waals surface area contributed by atoms with Gasteiger partial charge in [0, 0.05) is 6.07 Å². The highest BCUT2D eigenvalue weighted by atomic mass is 19.1. The number of carbonyl (C=O) groups is 2. The van der Waals surface area contributed by atoms with Gasteiger partial charge in [-0.2, -0.15) is 0 Å². The number of rotatable bonds is 6. The van der Waals surface area contributed by atoms with Crippen LogP contribution in [0, 0.1) is 11.7 Å². The van der Waals surface area contributed by atoms with Crippen molar-refractivity contribution in [2.24, 2.45) is 5.92 Å². The van der Waals surface area contributed by atoms with Crippen molar-refractivity contribution in [3.05, 3.63) is 30.1 Å². The summed E-state index contributed by atoms with van der Waals surface area (Å²) in [6.07, 6.45) is 0. The molecule has 0 aromatic heterocycles. The van der Waals surface area contributed by atoms with Crippen LogP contribution in [0.2, 0.25) is 0 Å². The van der Waals surface area contributed by atoms with Crippen LogP contribution < -0.4 is 10.1 Å². The van der Waals surface area contributed by atoms with Gasteiger partial charge in [0.25, 0.3) is 5.91 Å². The summed E-state index contributed by atoms with van der Waals surface area (Å²) in [5, 5.41) is 2.52. The van der Waals surface area contributed by atoms with Crippen molar-refractivity contribution in [3.8, 4) is 5.75 Å². The van der Waals surface area contributed by atoms with Gasteiger partial charge in [0.2, 0.25) is 0 Å². The first-order valence-electron chi connectivity index (χ1n) is 6.19. The fraction of sp³-hybridized carbons (Fsp3) is 0.429. The number of nitrogens with one attached hydrogen (secondary N) is 1. The molecule has 0 aliphatic carbocycles. The first-order chi connectivity index (χ1) is 9.43. The SMILES string of the molecule is COC(=O)C(NC(=O)COc1cccc(F)c1)C(C)C. The standard InChI is InChI=1S/C14H18FNO4/c1-9(2)13(14(18)19-3)16-12(17)8-20-11-6-4-5-10(15)7-11/h4-7,9,13H,8H2,1-3H3,(H,16,17). The Labute approximate surface area is 117 Å². The first kappa shape index (κ1) is 15.9. The van der Waals surface area contributed by atoms with Crippen molar-refractivity contribution < 1.29 is 23.5 Å². The predicted octanol–water partition coefficient (Wildman–Crippen LogP) is 1.52. The average molecular weight is 283 g/mol. The zero-order valence-electron chi connectivity index (χ0n) is 11.7. The Bertz CT molecular complexity index is 476. The molecule has 0 saturated carbocycles. The first-order valence-corrected chi connectivity index (χ1v) is 6.19. The summed E-state index contributed by atoms with van der Waals surface area (Å²) in [5.74, 6) is -1.30. The second kappa shape index (κ2) is 7.47. The van der Waals surface area contributed by atoms with E-state index in [0.717, 1.165) is 0 Å². The van der Waals surface area contributed by atoms with Crippen LogP contribution in [-0.2, 0) is 14.3 Å². The van der Waals surface area contributed by atoms with Crippen LogP contribution >= 0.6 is 0 Å². The molecule has 1 aromatic rings. The summed E-state index contributed by atoms with van der Waals surface area (Å²) >= 11 is 0. The second-order valence-corrected chi connectivity index (χ2v) is 4.56. The number of amides is 1. The van der Waals surface area contributed by atoms with Gasteiger partial charge < -0.3 is 14.8 Å². The number of hydrogen-bond donors (Lipinski definition) is 1. The van der Waals surface area contributed by atoms with Gasteiger partial charge in [0.05, 0.1) is 7.11 Å². The molecule has 0 fully saturated rings. The van der Waals surface area contributed by atoms with Crippen molar-refractivity contribution in [2.45, 2.75) is 19.9 Å². The highest BCUT2D eigenvalue weighted by molar-refractivity contribution is 5.85. The van der Waals surface area contributed by atoms with Crippen LogP contribution in [0.3, 0.4) is 0 Å². The van der Waals surface area contributed by atoms with Gasteiger partial charge in [-0.15, -0.1) is 0 Å². The molecule has 1 atom stereocenters. The van der Waals surface area contributed by atoms with E-state index in [1.807, 2.05) is 0 Å². The number of benzene rings is 1. The molecule has 0 saturated heterocycles. The molecule has 0 aliphatic heterocycles. The summed E-state index contributed by atoms with van der Waals surface area (Å²) < 4.78 is 22.7. The van der Waals surface area contributed by atoms with Crippen LogP contribution in [0.1, 0.15) is 13.8 Å². The van der Waals surface area contributed by atoms with Gasteiger partial charge in [-0.25, -0.2) is 9.18 Å². The van der Waals surface area contributed by atoms with Gasteiger partial charge in [-0.1, -0.05) is 19.9 Å². The van der Waals surface area contributed by atoms with Crippen LogP contribution in [0.4, 0.5) is 4.39 Å². The third-order valence-electron chi connectivity index (χ3n) is 2.60. The van der Waals surface area contributed by atoms with E-state index in [0.29, 0.717) is 0 Å². The predicted molar refractivity (Wildman–Crippen MR) is 70.7 cm³/mol. The Kier molecular flexibility index (Phi) is 5.96. The minimum Gasteiger partial charge on any atom is -0.484 e. The van der Waals surface area contributed by atoms with Gasteiger partial charge in [-0.05, 0) is 18.1 Å². The van der Waals surface area contributed by atoms with E-state index < -0.39 is 23.7 Å². The summed E-state index contributed by atoms with van der Waals surface area (Å²) in [6, 6.07) is 4.74. The number of halogens is 1. The van der Waals surface area contributed by atoms with E-state index in [-0.39, 0.29) is 18.3 Å². The van der Waals surface area contributed by atoms with Crippen molar-refractivity contribution in [1.29, 1.82) is 0 Å². The number of esters is 1. The molecular weight excluding hydrogens is 265 g/mol. The molecule has 1 unspecified atom stereocenters. The summed E-state index contributed by atoms with van der Waals surface area (Å²) in [6.45, 7) is 3.27. The zero-order chi connectivity index (χ0) is 15.1. The van der Waals surface area contributed by atoms with Gasteiger partial charge >= 0.3 is 5.97 Å². The van der Waals surface area contributed by atoms with Crippen LogP contribution in [0.25, 0.3) is 0 Å². The van der Waals surface area contributed by atoms with E-state index in [4.69, 9.17) is 4.74 Å². The molecule has 6 heteroatoms. The Morgan fingerprint density at radius 3 is 2.60 bits per heavy atom. The third kappa shape index (κ3) is 4.87. The fourth-order valence-electron chi connectivity index (χ4n) is 1.55. The molecule has 1 N–H and O–H groups in total. The lowest BCUT2D eigenvalue weighted by molar-refractivity contribution is -0.146. The van der Waals surface area contributed by atoms with Gasteiger partial charge in [-0.3, -0.25) is 4.79 Å². The third-order valence-corrected chi connectivity index (χ3v) is 2.60. The van der Waals surface area contributed by atoms with Crippen LogP contribution in [0.5, 0.6) is 5.75 Å². The quantitative estimate of drug-likeness (QED) is 0.804. The van der Waals surface area contributed by atoms with Crippen molar-refractivity contribution in [3.63, 3.8) is 0 Å². The second-order valence-electron chi connectivity index (χ2n) is 4.56. The van der Waals surface area contributed by atoms with Crippen LogP contribution in [-0.4, -0.2) is 31.6 Å². The molecule has 20 heavy (non-hydrogen) atoms. The normalized spacial score (nSPS) is 11.8. The maximum atomic E-state index is 12.9. The lowest BCUT2D eigenvalue weighted by atomic mass is 10.0. The number of carbonyl (C=O) groups excluding carboxylic acids is 2. The molecule has 0 radical (unpaired) electrons. The van der Waals surface area contributed by atoms with E-state index in [2.05, 4.69) is 10.1 Å². The summed E-state index contributed by atoms with van der Waals surface area (Å²) in [5.41, 5.74) is 0. The summed E-state index contributed by atoms with van der Waals surface area (Å²) in [7, 11) is 1.26. The maximum absolute atomic E-state index is 12.9. The lowest BCUT2D eigenvalue weighted by Crippen LogP contribution is -2.46. The van der Waals surface area contributed by atoms with Crippen LogP contribution in [0.15, 0.2) is 24.3 Å². The largest absolute Gasteiger partial charge is 0.484 e. The van der Waals surface area contributed by atoms with E-state index >= 15 is 0 Å². The molecule has 5 nitrogen and oxygen atoms in total. The molecule has 1 amide bonds. The molecule has 1 aromatic carbocycles. The smallest absolute Gasteiger partial charge is 0.328 e. The Morgan fingerprint density at radius 2 is 2.05 bits per heavy atom. The van der Waals surface area contributed by atoms with E-state index in [1.165, 1.54) is 31.4 Å². The molecular formula is C14H18FNO4. The van der Waals surface area contributed by atoms with Crippen molar-refractivity contribution >= 4 is 11.9 Å². The monoisotopic (exact) mass is 283 g/mol. The molecule has 0 aliphatic rings. The lowest BCUT2D eigenvalue weighted by Gasteiger charge is -2.19. The number of methoxy groups -OCH3 is 1. The maximum Gasteiger partial charge on any atom is 0.328 e. The minimum atomic E-state index is -0.733. The Morgan fingerprint density at radius 1 is 1.35 bits per heavy atom. The van der Waals surface area contributed by atoms with Gasteiger partial charge in [0.15, 0.2) is 6.61 Å². The van der Waals surface area contributed by atoms with E-state index in [1.54, 1.807) is 13.8 Å². The molecule has 1 rings (SSSR count). The Balaban J connectivity index is 2.52. The molecule has 0 spiro atoms. The summed E-state index contributed by atoms with van der Waals surface area (Å²) in [4.78, 5) is 23.2. The van der Waals surface area contributed by atoms with Crippen molar-refractivity contribution in [1.82, 2.24) is 5.32 Å². The highest BCUT2D eigenvalue weighted by Gasteiger charge is 2.24.